The lowest BCUT2D eigenvalue weighted by Gasteiger charge is -2.15. The van der Waals surface area contributed by atoms with E-state index in [0.717, 1.165) is 0 Å². The second kappa shape index (κ2) is 8.72. The Labute approximate surface area is 140 Å². The van der Waals surface area contributed by atoms with E-state index in [-0.39, 0.29) is 13.2 Å². The average Bonchev–Trinajstić information content (AvgIpc) is 2.52. The Balaban J connectivity index is 3.41. The minimum atomic E-state index is -2.11. The maximum Gasteiger partial charge on any atom is 0.328 e. The van der Waals surface area contributed by atoms with Gasteiger partial charge in [0.25, 0.3) is 0 Å². The van der Waals surface area contributed by atoms with Crippen LogP contribution in [0, 0.1) is 23.4 Å². The second-order valence-electron chi connectivity index (χ2n) is 4.37. The number of esters is 2. The molecule has 0 unspecified atom stereocenters. The lowest BCUT2D eigenvalue weighted by Crippen LogP contribution is -2.35. The van der Waals surface area contributed by atoms with Gasteiger partial charge in [0.15, 0.2) is 23.2 Å². The van der Waals surface area contributed by atoms with Gasteiger partial charge in [-0.2, -0.15) is 0 Å². The van der Waals surface area contributed by atoms with Crippen molar-refractivity contribution in [2.45, 2.75) is 18.7 Å². The molecular weight excluding hydrogens is 349 g/mol. The van der Waals surface area contributed by atoms with Crippen molar-refractivity contribution in [1.29, 1.82) is 0 Å². The Morgan fingerprint density at radius 1 is 1.04 bits per heavy atom. The van der Waals surface area contributed by atoms with Gasteiger partial charge in [-0.1, -0.05) is 0 Å². The third kappa shape index (κ3) is 4.08. The first-order valence-corrected chi connectivity index (χ1v) is 8.11. The molecule has 0 saturated heterocycles. The van der Waals surface area contributed by atoms with Gasteiger partial charge in [0.05, 0.1) is 23.7 Å². The number of ether oxygens (including phenoxy) is 2. The summed E-state index contributed by atoms with van der Waals surface area (Å²) in [4.78, 5) is 35.4. The van der Waals surface area contributed by atoms with Crippen LogP contribution >= 0.6 is 11.8 Å². The SMILES string of the molecule is CCOC(=O)C(C(=O)OCC)C(=O)c1cc(F)c(F)c(SC)c1F. The molecule has 5 nitrogen and oxygen atoms in total. The zero-order chi connectivity index (χ0) is 18.4. The molecule has 0 fully saturated rings. The molecule has 0 heterocycles. The summed E-state index contributed by atoms with van der Waals surface area (Å²) in [6.07, 6.45) is 1.28. The molecule has 0 radical (unpaired) electrons. The van der Waals surface area contributed by atoms with Crippen LogP contribution in [-0.4, -0.2) is 37.2 Å². The van der Waals surface area contributed by atoms with E-state index in [0.29, 0.717) is 17.8 Å². The first-order valence-electron chi connectivity index (χ1n) is 6.88. The van der Waals surface area contributed by atoms with Crippen molar-refractivity contribution in [3.05, 3.63) is 29.1 Å². The molecule has 0 atom stereocenters. The summed E-state index contributed by atoms with van der Waals surface area (Å²) in [7, 11) is 0. The molecule has 132 valence electrons. The van der Waals surface area contributed by atoms with E-state index in [1.54, 1.807) is 0 Å². The van der Waals surface area contributed by atoms with E-state index in [2.05, 4.69) is 9.47 Å². The maximum absolute atomic E-state index is 14.3. The standard InChI is InChI=1S/C15H15F3O5S/c1-4-22-14(20)9(15(21)23-5-2)12(19)7-6-8(16)11(18)13(24-3)10(7)17/h6,9H,4-5H2,1-3H3. The summed E-state index contributed by atoms with van der Waals surface area (Å²) in [5.74, 6) is -10.3. The van der Waals surface area contributed by atoms with Gasteiger partial charge >= 0.3 is 11.9 Å². The van der Waals surface area contributed by atoms with Crippen LogP contribution in [0.1, 0.15) is 24.2 Å². The van der Waals surface area contributed by atoms with Crippen LogP contribution in [-0.2, 0) is 19.1 Å². The fourth-order valence-corrected chi connectivity index (χ4v) is 2.42. The van der Waals surface area contributed by atoms with E-state index in [1.165, 1.54) is 20.1 Å². The highest BCUT2D eigenvalue weighted by molar-refractivity contribution is 7.98. The molecule has 0 aliphatic rings. The number of carbonyl (C=O) groups excluding carboxylic acids is 3. The van der Waals surface area contributed by atoms with Gasteiger partial charge in [-0.15, -0.1) is 11.8 Å². The highest BCUT2D eigenvalue weighted by Gasteiger charge is 2.39. The number of halogens is 3. The molecule has 0 aliphatic heterocycles. The molecule has 1 aromatic carbocycles. The zero-order valence-corrected chi connectivity index (χ0v) is 14.0. The van der Waals surface area contributed by atoms with E-state index >= 15 is 0 Å². The molecule has 1 aromatic rings. The van der Waals surface area contributed by atoms with E-state index in [9.17, 15) is 27.6 Å². The lowest BCUT2D eigenvalue weighted by atomic mass is 9.97. The van der Waals surface area contributed by atoms with Gasteiger partial charge in [0, 0.05) is 0 Å². The number of carbonyl (C=O) groups is 3. The summed E-state index contributed by atoms with van der Waals surface area (Å²) >= 11 is 0.542. The van der Waals surface area contributed by atoms with Crippen molar-refractivity contribution >= 4 is 29.5 Å². The monoisotopic (exact) mass is 364 g/mol. The molecule has 1 rings (SSSR count). The Morgan fingerprint density at radius 3 is 1.96 bits per heavy atom. The molecule has 0 saturated carbocycles. The summed E-state index contributed by atoms with van der Waals surface area (Å²) in [5, 5.41) is 0. The molecule has 24 heavy (non-hydrogen) atoms. The van der Waals surface area contributed by atoms with E-state index in [4.69, 9.17) is 0 Å². The summed E-state index contributed by atoms with van der Waals surface area (Å²) in [6.45, 7) is 2.60. The third-order valence-corrected chi connectivity index (χ3v) is 3.66. The van der Waals surface area contributed by atoms with E-state index < -0.39 is 51.6 Å². The van der Waals surface area contributed by atoms with Crippen LogP contribution in [0.25, 0.3) is 0 Å². The van der Waals surface area contributed by atoms with Gasteiger partial charge in [0.2, 0.25) is 5.92 Å². The van der Waals surface area contributed by atoms with Crippen LogP contribution in [0.2, 0.25) is 0 Å². The number of hydrogen-bond donors (Lipinski definition) is 0. The van der Waals surface area contributed by atoms with Crippen LogP contribution in [0.4, 0.5) is 13.2 Å². The molecule has 9 heteroatoms. The largest absolute Gasteiger partial charge is 0.465 e. The predicted molar refractivity (Wildman–Crippen MR) is 79.2 cm³/mol. The van der Waals surface area contributed by atoms with Crippen LogP contribution in [0.3, 0.4) is 0 Å². The van der Waals surface area contributed by atoms with Gasteiger partial charge in [-0.3, -0.25) is 14.4 Å². The Bertz CT molecular complexity index is 645. The Morgan fingerprint density at radius 2 is 1.54 bits per heavy atom. The second-order valence-corrected chi connectivity index (χ2v) is 5.19. The highest BCUT2D eigenvalue weighted by atomic mass is 32.2. The number of Topliss-reactive ketones (excluding diaryl/α,β-unsaturated/α-hetero) is 1. The first kappa shape index (κ1) is 20.0. The number of benzene rings is 1. The zero-order valence-electron chi connectivity index (χ0n) is 13.2. The third-order valence-electron chi connectivity index (χ3n) is 2.89. The van der Waals surface area contributed by atoms with Gasteiger partial charge in [0.1, 0.15) is 0 Å². The molecule has 0 aliphatic carbocycles. The number of thioether (sulfide) groups is 1. The minimum absolute atomic E-state index is 0.141. The summed E-state index contributed by atoms with van der Waals surface area (Å²) in [5.41, 5.74) is -0.927. The fourth-order valence-electron chi connectivity index (χ4n) is 1.86. The lowest BCUT2D eigenvalue weighted by molar-refractivity contribution is -0.158. The van der Waals surface area contributed by atoms with Crippen LogP contribution in [0.5, 0.6) is 0 Å². The van der Waals surface area contributed by atoms with Crippen molar-refractivity contribution in [3.63, 3.8) is 0 Å². The van der Waals surface area contributed by atoms with Crippen molar-refractivity contribution < 1.29 is 37.0 Å². The number of rotatable bonds is 7. The van der Waals surface area contributed by atoms with Crippen LogP contribution < -0.4 is 0 Å². The van der Waals surface area contributed by atoms with Gasteiger partial charge in [-0.25, -0.2) is 13.2 Å². The number of ketones is 1. The Kier molecular flexibility index (Phi) is 7.27. The van der Waals surface area contributed by atoms with Crippen LogP contribution in [0.15, 0.2) is 11.0 Å². The van der Waals surface area contributed by atoms with E-state index in [1.807, 2.05) is 0 Å². The summed E-state index contributed by atoms with van der Waals surface area (Å²) < 4.78 is 50.6. The molecule has 0 N–H and O–H groups in total. The summed E-state index contributed by atoms with van der Waals surface area (Å²) in [6, 6.07) is 0.304. The molecule has 0 amide bonds. The predicted octanol–water partition coefficient (Wildman–Crippen LogP) is 2.75. The van der Waals surface area contributed by atoms with Gasteiger partial charge < -0.3 is 9.47 Å². The fraction of sp³-hybridized carbons (Fsp3) is 0.400. The maximum atomic E-state index is 14.3. The smallest absolute Gasteiger partial charge is 0.328 e. The first-order chi connectivity index (χ1) is 11.3. The molecule has 0 aromatic heterocycles. The van der Waals surface area contributed by atoms with Crippen molar-refractivity contribution in [2.24, 2.45) is 5.92 Å². The number of hydrogen-bond acceptors (Lipinski definition) is 6. The molecule has 0 bridgehead atoms. The quantitative estimate of drug-likeness (QED) is 0.244. The van der Waals surface area contributed by atoms with Crippen molar-refractivity contribution in [3.8, 4) is 0 Å². The molecular formula is C15H15F3O5S. The Hall–Kier alpha value is -2.03. The van der Waals surface area contributed by atoms with Gasteiger partial charge in [-0.05, 0) is 26.2 Å². The van der Waals surface area contributed by atoms with Crippen molar-refractivity contribution in [1.82, 2.24) is 0 Å². The minimum Gasteiger partial charge on any atom is -0.465 e. The molecule has 0 spiro atoms. The average molecular weight is 364 g/mol. The highest BCUT2D eigenvalue weighted by Crippen LogP contribution is 2.29. The van der Waals surface area contributed by atoms with Crippen molar-refractivity contribution in [2.75, 3.05) is 19.5 Å². The normalized spacial score (nSPS) is 10.6. The topological polar surface area (TPSA) is 69.7 Å².